The van der Waals surface area contributed by atoms with Crippen molar-refractivity contribution >= 4 is 29.9 Å². The van der Waals surface area contributed by atoms with Gasteiger partial charge in [0.25, 0.3) is 0 Å². The second-order valence-electron chi connectivity index (χ2n) is 5.95. The van der Waals surface area contributed by atoms with Crippen LogP contribution in [-0.4, -0.2) is 29.3 Å². The van der Waals surface area contributed by atoms with Crippen molar-refractivity contribution in [1.82, 2.24) is 9.55 Å². The second-order valence-corrected chi connectivity index (χ2v) is 6.81. The van der Waals surface area contributed by atoms with Crippen LogP contribution >= 0.6 is 11.8 Å². The molecular weight excluding hydrogens is 332 g/mol. The van der Waals surface area contributed by atoms with Gasteiger partial charge < -0.3 is 14.6 Å². The van der Waals surface area contributed by atoms with Gasteiger partial charge in [0, 0.05) is 24.1 Å². The molecular formula is C19H24N4OS. The maximum absolute atomic E-state index is 5.17. The molecule has 0 atom stereocenters. The smallest absolute Gasteiger partial charge is 0.119 e. The largest absolute Gasteiger partial charge is 0.497 e. The van der Waals surface area contributed by atoms with Crippen LogP contribution in [0, 0.1) is 6.92 Å². The van der Waals surface area contributed by atoms with E-state index in [-0.39, 0.29) is 0 Å². The van der Waals surface area contributed by atoms with Gasteiger partial charge in [0.1, 0.15) is 11.6 Å². The molecule has 0 saturated carbocycles. The molecule has 1 aromatic heterocycles. The molecule has 3 rings (SSSR count). The van der Waals surface area contributed by atoms with E-state index in [4.69, 9.17) is 9.72 Å². The molecule has 0 bridgehead atoms. The normalized spacial score (nSPS) is 14.1. The number of imidazole rings is 1. The molecule has 0 radical (unpaired) electrons. The molecule has 0 spiro atoms. The van der Waals surface area contributed by atoms with E-state index in [1.54, 1.807) is 18.9 Å². The van der Waals surface area contributed by atoms with Crippen LogP contribution in [0.1, 0.15) is 30.1 Å². The maximum Gasteiger partial charge on any atom is 0.119 e. The average molecular weight is 356 g/mol. The third-order valence-corrected chi connectivity index (χ3v) is 5.01. The van der Waals surface area contributed by atoms with Crippen LogP contribution in [-0.2, 0) is 13.0 Å². The fourth-order valence-corrected chi connectivity index (χ4v) is 3.74. The van der Waals surface area contributed by atoms with Crippen molar-refractivity contribution in [2.45, 2.75) is 32.7 Å². The van der Waals surface area contributed by atoms with Crippen LogP contribution in [0.15, 0.2) is 34.7 Å². The minimum atomic E-state index is 0.755. The molecule has 1 aliphatic rings. The number of fused-ring (bicyclic) bond motifs is 1. The number of benzene rings is 1. The minimum absolute atomic E-state index is 0.755. The standard InChI is InChI=1S/C19H24N4OS/c1-14-19(23-11-5-4-6-18(23)22-14)17(20-2)12-25-13-21-15-7-9-16(24-3)10-8-15/h7-10,12,21H,2,4-6,11,13H2,1,3H3/b17-12-. The molecule has 25 heavy (non-hydrogen) atoms. The summed E-state index contributed by atoms with van der Waals surface area (Å²) in [6, 6.07) is 7.91. The topological polar surface area (TPSA) is 51.4 Å². The van der Waals surface area contributed by atoms with Crippen molar-refractivity contribution in [3.63, 3.8) is 0 Å². The second kappa shape index (κ2) is 8.25. The third kappa shape index (κ3) is 4.07. The molecule has 2 heterocycles. The zero-order valence-corrected chi connectivity index (χ0v) is 15.6. The van der Waals surface area contributed by atoms with Gasteiger partial charge in [0.05, 0.1) is 30.1 Å². The number of rotatable bonds is 7. The summed E-state index contributed by atoms with van der Waals surface area (Å²) in [4.78, 5) is 8.96. The Morgan fingerprint density at radius 1 is 1.40 bits per heavy atom. The summed E-state index contributed by atoms with van der Waals surface area (Å²) < 4.78 is 7.47. The van der Waals surface area contributed by atoms with E-state index in [1.165, 1.54) is 18.7 Å². The molecule has 0 unspecified atom stereocenters. The van der Waals surface area contributed by atoms with Crippen molar-refractivity contribution in [3.05, 3.63) is 46.9 Å². The fourth-order valence-electron chi connectivity index (χ4n) is 3.06. The van der Waals surface area contributed by atoms with Crippen LogP contribution < -0.4 is 10.1 Å². The third-order valence-electron chi connectivity index (χ3n) is 4.31. The summed E-state index contributed by atoms with van der Waals surface area (Å²) >= 11 is 1.67. The highest BCUT2D eigenvalue weighted by Crippen LogP contribution is 2.27. The molecule has 6 heteroatoms. The summed E-state index contributed by atoms with van der Waals surface area (Å²) in [5.74, 6) is 2.79. The van der Waals surface area contributed by atoms with E-state index in [9.17, 15) is 0 Å². The van der Waals surface area contributed by atoms with Gasteiger partial charge in [-0.05, 0) is 50.7 Å². The van der Waals surface area contributed by atoms with Crippen molar-refractivity contribution < 1.29 is 4.74 Å². The van der Waals surface area contributed by atoms with Gasteiger partial charge in [0.15, 0.2) is 0 Å². The number of hydrogen-bond donors (Lipinski definition) is 1. The SMILES string of the molecule is C=N/C(=C\SCNc1ccc(OC)cc1)c1c(C)nc2n1CCCC2. The number of aromatic nitrogens is 2. The summed E-state index contributed by atoms with van der Waals surface area (Å²) in [5.41, 5.74) is 4.12. The van der Waals surface area contributed by atoms with Crippen LogP contribution in [0.2, 0.25) is 0 Å². The molecule has 0 aliphatic carbocycles. The maximum atomic E-state index is 5.17. The van der Waals surface area contributed by atoms with Gasteiger partial charge in [-0.2, -0.15) is 0 Å². The summed E-state index contributed by atoms with van der Waals surface area (Å²) in [5, 5.41) is 5.44. The highest BCUT2D eigenvalue weighted by Gasteiger charge is 2.19. The van der Waals surface area contributed by atoms with Crippen molar-refractivity contribution in [2.24, 2.45) is 4.99 Å². The number of nitrogens with zero attached hydrogens (tertiary/aromatic N) is 3. The highest BCUT2D eigenvalue weighted by molar-refractivity contribution is 8.02. The summed E-state index contributed by atoms with van der Waals surface area (Å²) in [7, 11) is 1.67. The highest BCUT2D eigenvalue weighted by atomic mass is 32.2. The van der Waals surface area contributed by atoms with Gasteiger partial charge in [0.2, 0.25) is 0 Å². The Morgan fingerprint density at radius 2 is 2.20 bits per heavy atom. The first kappa shape index (κ1) is 17.6. The first-order chi connectivity index (χ1) is 12.2. The number of aliphatic imine (C=N–C) groups is 1. The zero-order chi connectivity index (χ0) is 17.6. The number of nitrogens with one attached hydrogen (secondary N) is 1. The number of aryl methyl sites for hydroxylation is 2. The van der Waals surface area contributed by atoms with Crippen LogP contribution in [0.4, 0.5) is 5.69 Å². The van der Waals surface area contributed by atoms with Gasteiger partial charge in [-0.15, -0.1) is 11.8 Å². The van der Waals surface area contributed by atoms with E-state index in [0.717, 1.165) is 47.4 Å². The first-order valence-electron chi connectivity index (χ1n) is 8.45. The summed E-state index contributed by atoms with van der Waals surface area (Å²) in [6.45, 7) is 6.83. The molecule has 0 amide bonds. The lowest BCUT2D eigenvalue weighted by molar-refractivity contribution is 0.415. The Kier molecular flexibility index (Phi) is 5.81. The molecule has 1 aliphatic heterocycles. The molecule has 1 aromatic carbocycles. The fraction of sp³-hybridized carbons (Fsp3) is 0.368. The lowest BCUT2D eigenvalue weighted by atomic mass is 10.1. The zero-order valence-electron chi connectivity index (χ0n) is 14.8. The van der Waals surface area contributed by atoms with E-state index < -0.39 is 0 Å². The Balaban J connectivity index is 1.65. The molecule has 132 valence electrons. The molecule has 0 fully saturated rings. The molecule has 0 saturated heterocycles. The molecule has 5 nitrogen and oxygen atoms in total. The Labute approximate surface area is 153 Å². The molecule has 1 N–H and O–H groups in total. The number of hydrogen-bond acceptors (Lipinski definition) is 5. The molecule has 2 aromatic rings. The quantitative estimate of drug-likeness (QED) is 0.455. The number of thioether (sulfide) groups is 1. The monoisotopic (exact) mass is 356 g/mol. The van der Waals surface area contributed by atoms with E-state index in [2.05, 4.69) is 33.9 Å². The van der Waals surface area contributed by atoms with E-state index in [0.29, 0.717) is 0 Å². The van der Waals surface area contributed by atoms with Gasteiger partial charge in [-0.3, -0.25) is 4.99 Å². The Hall–Kier alpha value is -2.21. The predicted octanol–water partition coefficient (Wildman–Crippen LogP) is 4.34. The Bertz CT molecular complexity index is 764. The predicted molar refractivity (Wildman–Crippen MR) is 107 cm³/mol. The van der Waals surface area contributed by atoms with E-state index in [1.807, 2.05) is 24.3 Å². The lowest BCUT2D eigenvalue weighted by Gasteiger charge is -2.16. The van der Waals surface area contributed by atoms with Crippen LogP contribution in [0.5, 0.6) is 5.75 Å². The first-order valence-corrected chi connectivity index (χ1v) is 9.50. The number of methoxy groups -OCH3 is 1. The van der Waals surface area contributed by atoms with Crippen LogP contribution in [0.3, 0.4) is 0 Å². The van der Waals surface area contributed by atoms with Gasteiger partial charge in [-0.1, -0.05) is 0 Å². The van der Waals surface area contributed by atoms with Crippen molar-refractivity contribution in [2.75, 3.05) is 18.3 Å². The lowest BCUT2D eigenvalue weighted by Crippen LogP contribution is -2.12. The summed E-state index contributed by atoms with van der Waals surface area (Å²) in [6.07, 6.45) is 3.47. The van der Waals surface area contributed by atoms with Crippen molar-refractivity contribution in [3.8, 4) is 5.75 Å². The minimum Gasteiger partial charge on any atom is -0.497 e. The van der Waals surface area contributed by atoms with E-state index >= 15 is 0 Å². The van der Waals surface area contributed by atoms with Gasteiger partial charge in [-0.25, -0.2) is 4.98 Å². The van der Waals surface area contributed by atoms with Gasteiger partial charge >= 0.3 is 0 Å². The Morgan fingerprint density at radius 3 is 2.92 bits per heavy atom. The number of ether oxygens (including phenoxy) is 1. The average Bonchev–Trinajstić information content (AvgIpc) is 2.98. The number of anilines is 1. The van der Waals surface area contributed by atoms with Crippen LogP contribution in [0.25, 0.3) is 5.70 Å². The van der Waals surface area contributed by atoms with Crippen molar-refractivity contribution in [1.29, 1.82) is 0 Å².